The van der Waals surface area contributed by atoms with Crippen molar-refractivity contribution in [1.29, 1.82) is 0 Å². The first kappa shape index (κ1) is 17.1. The van der Waals surface area contributed by atoms with Crippen molar-refractivity contribution in [2.24, 2.45) is 10.9 Å². The molecular formula is C20H22N2O3. The van der Waals surface area contributed by atoms with Crippen LogP contribution in [-0.4, -0.2) is 23.3 Å². The number of fused-ring (bicyclic) bond motifs is 1. The third-order valence-corrected chi connectivity index (χ3v) is 4.61. The lowest BCUT2D eigenvalue weighted by molar-refractivity contribution is -0.146. The SMILES string of the molecule is CCOC(=O)C1C(CC)=Nc2c(C)c[nH]c(=O)c2C1c1ccccc1. The highest BCUT2D eigenvalue weighted by molar-refractivity contribution is 6.06. The van der Waals surface area contributed by atoms with Crippen LogP contribution in [0.25, 0.3) is 0 Å². The normalized spacial score (nSPS) is 19.1. The van der Waals surface area contributed by atoms with E-state index in [4.69, 9.17) is 4.74 Å². The molecule has 1 aliphatic heterocycles. The molecule has 5 heteroatoms. The van der Waals surface area contributed by atoms with Crippen LogP contribution in [0.3, 0.4) is 0 Å². The highest BCUT2D eigenvalue weighted by Gasteiger charge is 2.41. The number of hydrogen-bond acceptors (Lipinski definition) is 4. The highest BCUT2D eigenvalue weighted by atomic mass is 16.5. The number of nitrogens with one attached hydrogen (secondary N) is 1. The molecule has 1 N–H and O–H groups in total. The third kappa shape index (κ3) is 3.02. The number of nitrogens with zero attached hydrogens (tertiary/aromatic N) is 1. The fourth-order valence-corrected chi connectivity index (χ4v) is 3.47. The van der Waals surface area contributed by atoms with Crippen molar-refractivity contribution >= 4 is 17.4 Å². The van der Waals surface area contributed by atoms with Crippen molar-refractivity contribution in [2.45, 2.75) is 33.1 Å². The molecule has 5 nitrogen and oxygen atoms in total. The molecule has 0 fully saturated rings. The summed E-state index contributed by atoms with van der Waals surface area (Å²) in [5.41, 5.74) is 3.58. The van der Waals surface area contributed by atoms with Crippen molar-refractivity contribution in [3.63, 3.8) is 0 Å². The molecule has 25 heavy (non-hydrogen) atoms. The Balaban J connectivity index is 2.29. The summed E-state index contributed by atoms with van der Waals surface area (Å²) in [6.45, 7) is 5.97. The van der Waals surface area contributed by atoms with Crippen LogP contribution in [0, 0.1) is 12.8 Å². The van der Waals surface area contributed by atoms with Crippen molar-refractivity contribution in [1.82, 2.24) is 4.98 Å². The molecule has 2 heterocycles. The highest BCUT2D eigenvalue weighted by Crippen LogP contribution is 2.42. The van der Waals surface area contributed by atoms with Gasteiger partial charge in [0.15, 0.2) is 0 Å². The fraction of sp³-hybridized carbons (Fsp3) is 0.350. The maximum Gasteiger partial charge on any atom is 0.315 e. The minimum absolute atomic E-state index is 0.206. The Labute approximate surface area is 146 Å². The smallest absolute Gasteiger partial charge is 0.315 e. The van der Waals surface area contributed by atoms with Gasteiger partial charge in [-0.25, -0.2) is 0 Å². The Bertz CT molecular complexity index is 868. The lowest BCUT2D eigenvalue weighted by Crippen LogP contribution is -2.37. The van der Waals surface area contributed by atoms with Gasteiger partial charge in [0.05, 0.1) is 17.9 Å². The van der Waals surface area contributed by atoms with Gasteiger partial charge in [-0.15, -0.1) is 0 Å². The van der Waals surface area contributed by atoms with Gasteiger partial charge in [0.25, 0.3) is 5.56 Å². The third-order valence-electron chi connectivity index (χ3n) is 4.61. The average molecular weight is 338 g/mol. The molecule has 0 radical (unpaired) electrons. The predicted octanol–water partition coefficient (Wildman–Crippen LogP) is 3.49. The van der Waals surface area contributed by atoms with E-state index in [1.165, 1.54) is 0 Å². The minimum Gasteiger partial charge on any atom is -0.465 e. The van der Waals surface area contributed by atoms with Crippen molar-refractivity contribution in [3.8, 4) is 0 Å². The summed E-state index contributed by atoms with van der Waals surface area (Å²) in [6, 6.07) is 9.64. The van der Waals surface area contributed by atoms with E-state index in [0.717, 1.165) is 16.8 Å². The minimum atomic E-state index is -0.581. The second-order valence-electron chi connectivity index (χ2n) is 6.14. The molecule has 0 saturated carbocycles. The lowest BCUT2D eigenvalue weighted by atomic mass is 9.75. The number of aryl methyl sites for hydroxylation is 1. The first-order valence-corrected chi connectivity index (χ1v) is 8.59. The number of H-pyrrole nitrogens is 1. The molecule has 0 aliphatic carbocycles. The van der Waals surface area contributed by atoms with E-state index in [-0.39, 0.29) is 11.5 Å². The molecule has 0 amide bonds. The van der Waals surface area contributed by atoms with Crippen LogP contribution in [0.2, 0.25) is 0 Å². The van der Waals surface area contributed by atoms with Gasteiger partial charge in [0.1, 0.15) is 5.92 Å². The van der Waals surface area contributed by atoms with Gasteiger partial charge in [-0.1, -0.05) is 37.3 Å². The Kier molecular flexibility index (Phi) is 4.83. The van der Waals surface area contributed by atoms with E-state index < -0.39 is 11.8 Å². The van der Waals surface area contributed by atoms with E-state index in [9.17, 15) is 9.59 Å². The van der Waals surface area contributed by atoms with E-state index in [1.807, 2.05) is 44.2 Å². The van der Waals surface area contributed by atoms with Crippen molar-refractivity contribution in [2.75, 3.05) is 6.61 Å². The molecule has 130 valence electrons. The van der Waals surface area contributed by atoms with Gasteiger partial charge in [0, 0.05) is 17.8 Å². The van der Waals surface area contributed by atoms with E-state index >= 15 is 0 Å². The average Bonchev–Trinajstić information content (AvgIpc) is 2.64. The monoisotopic (exact) mass is 338 g/mol. The second kappa shape index (κ2) is 7.05. The van der Waals surface area contributed by atoms with Gasteiger partial charge >= 0.3 is 5.97 Å². The quantitative estimate of drug-likeness (QED) is 0.868. The molecule has 0 spiro atoms. The van der Waals surface area contributed by atoms with Crippen LogP contribution in [0.5, 0.6) is 0 Å². The second-order valence-corrected chi connectivity index (χ2v) is 6.14. The maximum atomic E-state index is 12.7. The van der Waals surface area contributed by atoms with Crippen LogP contribution in [0.15, 0.2) is 46.3 Å². The summed E-state index contributed by atoms with van der Waals surface area (Å²) >= 11 is 0. The zero-order valence-electron chi connectivity index (χ0n) is 14.7. The zero-order valence-corrected chi connectivity index (χ0v) is 14.7. The van der Waals surface area contributed by atoms with Crippen LogP contribution < -0.4 is 5.56 Å². The molecule has 2 unspecified atom stereocenters. The Morgan fingerprint density at radius 3 is 2.60 bits per heavy atom. The molecule has 1 aromatic carbocycles. The number of rotatable bonds is 4. The van der Waals surface area contributed by atoms with Crippen LogP contribution >= 0.6 is 0 Å². The summed E-state index contributed by atoms with van der Waals surface area (Å²) in [6.07, 6.45) is 2.29. The van der Waals surface area contributed by atoms with Gasteiger partial charge in [0.2, 0.25) is 0 Å². The van der Waals surface area contributed by atoms with Crippen molar-refractivity contribution in [3.05, 3.63) is 63.6 Å². The number of carbonyl (C=O) groups excluding carboxylic acids is 1. The Hall–Kier alpha value is -2.69. The Morgan fingerprint density at radius 2 is 1.96 bits per heavy atom. The summed E-state index contributed by atoms with van der Waals surface area (Å²) in [4.78, 5) is 32.8. The lowest BCUT2D eigenvalue weighted by Gasteiger charge is -2.31. The standard InChI is InChI=1S/C20H22N2O3/c1-4-14-16(20(24)25-5-2)15(13-9-7-6-8-10-13)17-18(22-14)12(3)11-21-19(17)23/h6-11,15-16H,4-5H2,1-3H3,(H,21,23). The van der Waals surface area contributed by atoms with E-state index in [0.29, 0.717) is 24.3 Å². The summed E-state index contributed by atoms with van der Waals surface area (Å²) in [7, 11) is 0. The van der Waals surface area contributed by atoms with Gasteiger partial charge < -0.3 is 9.72 Å². The zero-order chi connectivity index (χ0) is 18.0. The van der Waals surface area contributed by atoms with Gasteiger partial charge in [-0.3, -0.25) is 14.6 Å². The van der Waals surface area contributed by atoms with E-state index in [1.54, 1.807) is 13.1 Å². The summed E-state index contributed by atoms with van der Waals surface area (Å²) in [5, 5.41) is 0. The number of ether oxygens (including phenoxy) is 1. The fourth-order valence-electron chi connectivity index (χ4n) is 3.47. The molecule has 1 aromatic heterocycles. The van der Waals surface area contributed by atoms with Gasteiger partial charge in [-0.2, -0.15) is 0 Å². The topological polar surface area (TPSA) is 71.5 Å². The van der Waals surface area contributed by atoms with Crippen LogP contribution in [-0.2, 0) is 9.53 Å². The van der Waals surface area contributed by atoms with Gasteiger partial charge in [-0.05, 0) is 31.4 Å². The molecule has 3 rings (SSSR count). The molecule has 0 bridgehead atoms. The summed E-state index contributed by atoms with van der Waals surface area (Å²) < 4.78 is 5.32. The largest absolute Gasteiger partial charge is 0.465 e. The van der Waals surface area contributed by atoms with E-state index in [2.05, 4.69) is 9.98 Å². The number of hydrogen-bond donors (Lipinski definition) is 1. The predicted molar refractivity (Wildman–Crippen MR) is 97.6 cm³/mol. The first-order chi connectivity index (χ1) is 12.1. The first-order valence-electron chi connectivity index (χ1n) is 8.59. The number of benzene rings is 1. The maximum absolute atomic E-state index is 12.7. The number of aromatic nitrogens is 1. The number of pyridine rings is 1. The van der Waals surface area contributed by atoms with Crippen LogP contribution in [0.4, 0.5) is 5.69 Å². The molecule has 0 saturated heterocycles. The number of aromatic amines is 1. The Morgan fingerprint density at radius 1 is 1.24 bits per heavy atom. The molecular weight excluding hydrogens is 316 g/mol. The summed E-state index contributed by atoms with van der Waals surface area (Å²) in [5.74, 6) is -1.31. The molecule has 2 aromatic rings. The van der Waals surface area contributed by atoms with Crippen LogP contribution in [0.1, 0.15) is 42.9 Å². The number of carbonyl (C=O) groups is 1. The number of esters is 1. The molecule has 1 aliphatic rings. The molecule has 2 atom stereocenters. The number of aliphatic imine (C=N–C) groups is 1. The van der Waals surface area contributed by atoms with Crippen molar-refractivity contribution < 1.29 is 9.53 Å².